The number of esters is 1. The summed E-state index contributed by atoms with van der Waals surface area (Å²) in [5, 5.41) is 2.95. The highest BCUT2D eigenvalue weighted by Crippen LogP contribution is 1.95. The number of nitrogens with one attached hydrogen (secondary N) is 1. The SMILES string of the molecule is C=C(CNC(C)CC(N)=O)C(=O)OCC. The number of rotatable bonds is 7. The van der Waals surface area contributed by atoms with Crippen molar-refractivity contribution in [3.8, 4) is 0 Å². The molecule has 0 saturated heterocycles. The van der Waals surface area contributed by atoms with E-state index in [2.05, 4.69) is 11.9 Å². The molecule has 0 rings (SSSR count). The molecule has 0 aromatic rings. The van der Waals surface area contributed by atoms with Gasteiger partial charge in [-0.2, -0.15) is 0 Å². The van der Waals surface area contributed by atoms with Crippen LogP contribution in [0.25, 0.3) is 0 Å². The molecule has 0 aromatic carbocycles. The van der Waals surface area contributed by atoms with Crippen LogP contribution in [-0.2, 0) is 14.3 Å². The summed E-state index contributed by atoms with van der Waals surface area (Å²) >= 11 is 0. The van der Waals surface area contributed by atoms with Crippen molar-refractivity contribution < 1.29 is 14.3 Å². The summed E-state index contributed by atoms with van der Waals surface area (Å²) in [4.78, 5) is 21.7. The van der Waals surface area contributed by atoms with Crippen LogP contribution in [0.4, 0.5) is 0 Å². The van der Waals surface area contributed by atoms with Crippen molar-refractivity contribution in [3.05, 3.63) is 12.2 Å². The average molecular weight is 214 g/mol. The number of amides is 1. The Bertz CT molecular complexity index is 251. The molecule has 0 aliphatic heterocycles. The molecule has 0 bridgehead atoms. The summed E-state index contributed by atoms with van der Waals surface area (Å²) in [6.07, 6.45) is 0.232. The molecule has 1 atom stereocenters. The van der Waals surface area contributed by atoms with E-state index in [0.29, 0.717) is 18.7 Å². The summed E-state index contributed by atoms with van der Waals surface area (Å²) in [7, 11) is 0. The van der Waals surface area contributed by atoms with Gasteiger partial charge >= 0.3 is 5.97 Å². The van der Waals surface area contributed by atoms with Gasteiger partial charge in [0.1, 0.15) is 0 Å². The van der Waals surface area contributed by atoms with E-state index in [4.69, 9.17) is 10.5 Å². The van der Waals surface area contributed by atoms with E-state index in [0.717, 1.165) is 0 Å². The van der Waals surface area contributed by atoms with E-state index >= 15 is 0 Å². The Hall–Kier alpha value is -1.36. The lowest BCUT2D eigenvalue weighted by Crippen LogP contribution is -2.33. The van der Waals surface area contributed by atoms with Crippen molar-refractivity contribution in [3.63, 3.8) is 0 Å². The molecule has 0 aliphatic rings. The average Bonchev–Trinajstić information content (AvgIpc) is 2.13. The zero-order chi connectivity index (χ0) is 11.8. The third-order valence-electron chi connectivity index (χ3n) is 1.74. The first-order valence-electron chi connectivity index (χ1n) is 4.84. The predicted molar refractivity (Wildman–Crippen MR) is 57.0 cm³/mol. The molecule has 15 heavy (non-hydrogen) atoms. The largest absolute Gasteiger partial charge is 0.463 e. The third kappa shape index (κ3) is 6.68. The van der Waals surface area contributed by atoms with Crippen LogP contribution in [0.2, 0.25) is 0 Å². The molecular formula is C10H18N2O3. The summed E-state index contributed by atoms with van der Waals surface area (Å²) in [5.41, 5.74) is 5.36. The molecule has 5 nitrogen and oxygen atoms in total. The van der Waals surface area contributed by atoms with Crippen LogP contribution in [0.15, 0.2) is 12.2 Å². The van der Waals surface area contributed by atoms with Crippen molar-refractivity contribution in [2.45, 2.75) is 26.3 Å². The number of hydrogen-bond acceptors (Lipinski definition) is 4. The number of primary amides is 1. The quantitative estimate of drug-likeness (QED) is 0.460. The lowest BCUT2D eigenvalue weighted by atomic mass is 10.2. The fourth-order valence-electron chi connectivity index (χ4n) is 0.977. The van der Waals surface area contributed by atoms with Gasteiger partial charge in [-0.15, -0.1) is 0 Å². The second-order valence-corrected chi connectivity index (χ2v) is 3.28. The number of carbonyl (C=O) groups is 2. The van der Waals surface area contributed by atoms with Crippen molar-refractivity contribution >= 4 is 11.9 Å². The molecule has 1 amide bonds. The van der Waals surface area contributed by atoms with Gasteiger partial charge in [-0.05, 0) is 13.8 Å². The molecule has 1 unspecified atom stereocenters. The van der Waals surface area contributed by atoms with Crippen molar-refractivity contribution in [1.29, 1.82) is 0 Å². The number of hydrogen-bond donors (Lipinski definition) is 2. The highest BCUT2D eigenvalue weighted by Gasteiger charge is 2.10. The Morgan fingerprint density at radius 3 is 2.60 bits per heavy atom. The number of nitrogens with two attached hydrogens (primary N) is 1. The number of ether oxygens (including phenoxy) is 1. The minimum absolute atomic E-state index is 0.0753. The van der Waals surface area contributed by atoms with E-state index in [1.165, 1.54) is 0 Å². The van der Waals surface area contributed by atoms with Crippen molar-refractivity contribution in [2.75, 3.05) is 13.2 Å². The minimum Gasteiger partial charge on any atom is -0.463 e. The van der Waals surface area contributed by atoms with Gasteiger partial charge in [0.15, 0.2) is 0 Å². The fourth-order valence-corrected chi connectivity index (χ4v) is 0.977. The summed E-state index contributed by atoms with van der Waals surface area (Å²) in [5.74, 6) is -0.798. The Labute approximate surface area is 89.7 Å². The Kier molecular flexibility index (Phi) is 6.37. The molecule has 0 fully saturated rings. The molecule has 0 spiro atoms. The van der Waals surface area contributed by atoms with Crippen LogP contribution < -0.4 is 11.1 Å². The maximum Gasteiger partial charge on any atom is 0.334 e. The minimum atomic E-state index is -0.420. The van der Waals surface area contributed by atoms with Gasteiger partial charge in [0.2, 0.25) is 5.91 Å². The molecule has 0 saturated carbocycles. The lowest BCUT2D eigenvalue weighted by molar-refractivity contribution is -0.138. The van der Waals surface area contributed by atoms with Crippen molar-refractivity contribution in [2.24, 2.45) is 5.73 Å². The van der Waals surface area contributed by atoms with Gasteiger partial charge < -0.3 is 15.8 Å². The van der Waals surface area contributed by atoms with Crippen LogP contribution in [0.3, 0.4) is 0 Å². The van der Waals surface area contributed by atoms with Crippen molar-refractivity contribution in [1.82, 2.24) is 5.32 Å². The third-order valence-corrected chi connectivity index (χ3v) is 1.74. The van der Waals surface area contributed by atoms with Gasteiger partial charge in [0, 0.05) is 24.6 Å². The smallest absolute Gasteiger partial charge is 0.334 e. The van der Waals surface area contributed by atoms with Gasteiger partial charge in [-0.25, -0.2) is 4.79 Å². The Morgan fingerprint density at radius 1 is 1.53 bits per heavy atom. The second kappa shape index (κ2) is 7.00. The van der Waals surface area contributed by atoms with Gasteiger partial charge in [-0.3, -0.25) is 4.79 Å². The maximum atomic E-state index is 11.1. The monoisotopic (exact) mass is 214 g/mol. The molecule has 86 valence electrons. The van der Waals surface area contributed by atoms with Crippen LogP contribution in [-0.4, -0.2) is 31.1 Å². The van der Waals surface area contributed by atoms with E-state index < -0.39 is 5.97 Å². The number of carbonyl (C=O) groups excluding carboxylic acids is 2. The molecule has 0 aromatic heterocycles. The molecule has 5 heteroatoms. The highest BCUT2D eigenvalue weighted by atomic mass is 16.5. The summed E-state index contributed by atoms with van der Waals surface area (Å²) < 4.78 is 4.75. The molecule has 0 aliphatic carbocycles. The van der Waals surface area contributed by atoms with Crippen LogP contribution in [0.5, 0.6) is 0 Å². The van der Waals surface area contributed by atoms with Crippen LogP contribution in [0, 0.1) is 0 Å². The second-order valence-electron chi connectivity index (χ2n) is 3.28. The first-order valence-corrected chi connectivity index (χ1v) is 4.84. The summed E-state index contributed by atoms with van der Waals surface area (Å²) in [6, 6.07) is -0.0753. The molecule has 0 radical (unpaired) electrons. The molecule has 3 N–H and O–H groups in total. The Morgan fingerprint density at radius 2 is 2.13 bits per heavy atom. The van der Waals surface area contributed by atoms with Crippen LogP contribution in [0.1, 0.15) is 20.3 Å². The first kappa shape index (κ1) is 13.6. The van der Waals surface area contributed by atoms with Gasteiger partial charge in [-0.1, -0.05) is 6.58 Å². The van der Waals surface area contributed by atoms with Gasteiger partial charge in [0.05, 0.1) is 6.61 Å². The lowest BCUT2D eigenvalue weighted by Gasteiger charge is -2.12. The zero-order valence-corrected chi connectivity index (χ0v) is 9.21. The predicted octanol–water partition coefficient (Wildman–Crippen LogP) is -0.0408. The van der Waals surface area contributed by atoms with Crippen LogP contribution >= 0.6 is 0 Å². The van der Waals surface area contributed by atoms with E-state index in [1.54, 1.807) is 6.92 Å². The molecular weight excluding hydrogens is 196 g/mol. The summed E-state index contributed by atoms with van der Waals surface area (Å²) in [6.45, 7) is 7.74. The zero-order valence-electron chi connectivity index (χ0n) is 9.21. The van der Waals surface area contributed by atoms with Gasteiger partial charge in [0.25, 0.3) is 0 Å². The normalized spacial score (nSPS) is 11.9. The standard InChI is InChI=1S/C10H18N2O3/c1-4-15-10(14)7(2)6-12-8(3)5-9(11)13/h8,12H,2,4-6H2,1,3H3,(H2,11,13). The van der Waals surface area contributed by atoms with E-state index in [-0.39, 0.29) is 18.4 Å². The topological polar surface area (TPSA) is 81.4 Å². The Balaban J connectivity index is 3.79. The first-order chi connectivity index (χ1) is 6.97. The maximum absolute atomic E-state index is 11.1. The highest BCUT2D eigenvalue weighted by molar-refractivity contribution is 5.88. The van der Waals surface area contributed by atoms with E-state index in [9.17, 15) is 9.59 Å². The van der Waals surface area contributed by atoms with E-state index in [1.807, 2.05) is 6.92 Å². The molecule has 0 heterocycles. The fraction of sp³-hybridized carbons (Fsp3) is 0.600.